The van der Waals surface area contributed by atoms with Crippen LogP contribution < -0.4 is 15.4 Å². The fraction of sp³-hybridized carbons (Fsp3) is 0.391. The van der Waals surface area contributed by atoms with Crippen LogP contribution in [0.1, 0.15) is 30.4 Å². The average Bonchev–Trinajstić information content (AvgIpc) is 2.74. The van der Waals surface area contributed by atoms with Crippen molar-refractivity contribution in [3.63, 3.8) is 0 Å². The van der Waals surface area contributed by atoms with Gasteiger partial charge in [-0.3, -0.25) is 4.79 Å². The van der Waals surface area contributed by atoms with E-state index in [-0.39, 0.29) is 35.8 Å². The maximum atomic E-state index is 12.5. The Bertz CT molecular complexity index is 1050. The maximum Gasteiger partial charge on any atom is 0.319 e. The molecule has 0 radical (unpaired) electrons. The first-order valence-corrected chi connectivity index (χ1v) is 12.2. The predicted molar refractivity (Wildman–Crippen MR) is 124 cm³/mol. The fourth-order valence-electron chi connectivity index (χ4n) is 3.78. The summed E-state index contributed by atoms with van der Waals surface area (Å²) in [6.45, 7) is 4.76. The third-order valence-electron chi connectivity index (χ3n) is 5.47. The number of hydrogen-bond acceptors (Lipinski definition) is 4. The Hall–Kier alpha value is -2.91. The zero-order chi connectivity index (χ0) is 23.1. The number of aryl methyl sites for hydroxylation is 2. The van der Waals surface area contributed by atoms with Gasteiger partial charge in [0.2, 0.25) is 15.9 Å². The number of nitrogens with one attached hydrogen (secondary N) is 3. The second-order valence-electron chi connectivity index (χ2n) is 8.04. The number of sulfonamides is 1. The van der Waals surface area contributed by atoms with Gasteiger partial charge in [-0.1, -0.05) is 35.9 Å². The zero-order valence-corrected chi connectivity index (χ0v) is 19.2. The summed E-state index contributed by atoms with van der Waals surface area (Å²) in [5, 5.41) is 5.73. The van der Waals surface area contributed by atoms with Gasteiger partial charge in [-0.25, -0.2) is 17.9 Å². The van der Waals surface area contributed by atoms with Crippen molar-refractivity contribution < 1.29 is 18.0 Å². The summed E-state index contributed by atoms with van der Waals surface area (Å²) in [6, 6.07) is 14.1. The van der Waals surface area contributed by atoms with E-state index in [1.54, 1.807) is 24.0 Å². The number of amides is 3. The van der Waals surface area contributed by atoms with E-state index in [4.69, 9.17) is 0 Å². The Balaban J connectivity index is 1.40. The highest BCUT2D eigenvalue weighted by Gasteiger charge is 2.24. The van der Waals surface area contributed by atoms with Gasteiger partial charge < -0.3 is 15.5 Å². The van der Waals surface area contributed by atoms with E-state index in [9.17, 15) is 18.0 Å². The summed E-state index contributed by atoms with van der Waals surface area (Å²) < 4.78 is 27.6. The zero-order valence-electron chi connectivity index (χ0n) is 18.4. The van der Waals surface area contributed by atoms with Crippen LogP contribution in [0.25, 0.3) is 0 Å². The molecule has 0 aromatic heterocycles. The molecule has 8 nitrogen and oxygen atoms in total. The predicted octanol–water partition coefficient (Wildman–Crippen LogP) is 2.78. The van der Waals surface area contributed by atoms with Crippen LogP contribution in [-0.2, 0) is 14.8 Å². The molecule has 3 rings (SSSR count). The van der Waals surface area contributed by atoms with Gasteiger partial charge in [0.05, 0.1) is 4.90 Å². The number of carbonyl (C=O) groups is 2. The van der Waals surface area contributed by atoms with Crippen molar-refractivity contribution in [2.45, 2.75) is 44.0 Å². The summed E-state index contributed by atoms with van der Waals surface area (Å²) in [4.78, 5) is 26.6. The minimum absolute atomic E-state index is 0.00854. The highest BCUT2D eigenvalue weighted by atomic mass is 32.2. The number of urea groups is 1. The lowest BCUT2D eigenvalue weighted by molar-refractivity contribution is -0.132. The quantitative estimate of drug-likeness (QED) is 0.593. The summed E-state index contributed by atoms with van der Waals surface area (Å²) >= 11 is 0. The first kappa shape index (κ1) is 23.7. The van der Waals surface area contributed by atoms with Crippen molar-refractivity contribution >= 4 is 27.6 Å². The Kier molecular flexibility index (Phi) is 7.87. The van der Waals surface area contributed by atoms with E-state index in [2.05, 4.69) is 15.4 Å². The Morgan fingerprint density at radius 2 is 1.72 bits per heavy atom. The van der Waals surface area contributed by atoms with Crippen LogP contribution in [0.4, 0.5) is 10.5 Å². The van der Waals surface area contributed by atoms with Crippen LogP contribution in [0.3, 0.4) is 0 Å². The Morgan fingerprint density at radius 1 is 1.03 bits per heavy atom. The van der Waals surface area contributed by atoms with E-state index in [0.717, 1.165) is 11.3 Å². The first-order chi connectivity index (χ1) is 15.2. The summed E-state index contributed by atoms with van der Waals surface area (Å²) in [7, 11) is -3.66. The molecule has 1 aliphatic rings. The molecule has 0 atom stereocenters. The Morgan fingerprint density at radius 3 is 2.38 bits per heavy atom. The lowest BCUT2D eigenvalue weighted by atomic mass is 10.0. The molecule has 0 spiro atoms. The third-order valence-corrected chi connectivity index (χ3v) is 7.09. The molecule has 1 aliphatic heterocycles. The van der Waals surface area contributed by atoms with Crippen LogP contribution in [-0.4, -0.2) is 50.9 Å². The molecule has 0 aliphatic carbocycles. The van der Waals surface area contributed by atoms with Crippen LogP contribution in [0.2, 0.25) is 0 Å². The van der Waals surface area contributed by atoms with Crippen molar-refractivity contribution in [3.05, 3.63) is 59.7 Å². The Labute approximate surface area is 189 Å². The molecule has 3 amide bonds. The SMILES string of the molecule is Cc1ccc(S(=O)(=O)NCCC(=O)N2CCC(NC(=O)Nc3ccccc3)CC2)c(C)c1. The van der Waals surface area contributed by atoms with Crippen molar-refractivity contribution in [3.8, 4) is 0 Å². The van der Waals surface area contributed by atoms with Crippen molar-refractivity contribution in [2.24, 2.45) is 0 Å². The fourth-order valence-corrected chi connectivity index (χ4v) is 5.03. The highest BCUT2D eigenvalue weighted by Crippen LogP contribution is 2.17. The first-order valence-electron chi connectivity index (χ1n) is 10.7. The number of piperidine rings is 1. The van der Waals surface area contributed by atoms with Crippen LogP contribution in [0, 0.1) is 13.8 Å². The van der Waals surface area contributed by atoms with Gasteiger partial charge in [0, 0.05) is 37.8 Å². The molecule has 0 bridgehead atoms. The van der Waals surface area contributed by atoms with Crippen LogP contribution in [0.5, 0.6) is 0 Å². The number of anilines is 1. The van der Waals surface area contributed by atoms with Crippen molar-refractivity contribution in [2.75, 3.05) is 25.0 Å². The van der Waals surface area contributed by atoms with Gasteiger partial charge in [-0.15, -0.1) is 0 Å². The standard InChI is InChI=1S/C23H30N4O4S/c1-17-8-9-21(18(2)16-17)32(30,31)24-13-10-22(28)27-14-11-20(12-15-27)26-23(29)25-19-6-4-3-5-7-19/h3-9,16,20,24H,10-15H2,1-2H3,(H2,25,26,29). The maximum absolute atomic E-state index is 12.5. The molecule has 3 N–H and O–H groups in total. The van der Waals surface area contributed by atoms with Gasteiger partial charge >= 0.3 is 6.03 Å². The molecule has 9 heteroatoms. The number of likely N-dealkylation sites (tertiary alicyclic amines) is 1. The topological polar surface area (TPSA) is 108 Å². The summed E-state index contributed by atoms with van der Waals surface area (Å²) in [5.41, 5.74) is 2.39. The molecule has 0 saturated carbocycles. The molecule has 172 valence electrons. The van der Waals surface area contributed by atoms with Gasteiger partial charge in [-0.05, 0) is 50.5 Å². The molecular formula is C23H30N4O4S. The summed E-state index contributed by atoms with van der Waals surface area (Å²) in [6.07, 6.45) is 1.40. The van der Waals surface area contributed by atoms with E-state index in [1.165, 1.54) is 0 Å². The summed E-state index contributed by atoms with van der Waals surface area (Å²) in [5.74, 6) is -0.0967. The number of benzene rings is 2. The van der Waals surface area contributed by atoms with Crippen LogP contribution >= 0.6 is 0 Å². The molecule has 32 heavy (non-hydrogen) atoms. The molecular weight excluding hydrogens is 428 g/mol. The molecule has 2 aromatic rings. The van der Waals surface area contributed by atoms with Gasteiger partial charge in [0.25, 0.3) is 0 Å². The van der Waals surface area contributed by atoms with Gasteiger partial charge in [0.15, 0.2) is 0 Å². The van der Waals surface area contributed by atoms with Gasteiger partial charge in [0.1, 0.15) is 0 Å². The second-order valence-corrected chi connectivity index (χ2v) is 9.77. The van der Waals surface area contributed by atoms with Gasteiger partial charge in [-0.2, -0.15) is 0 Å². The minimum Gasteiger partial charge on any atom is -0.343 e. The normalized spacial score (nSPS) is 14.8. The minimum atomic E-state index is -3.66. The number of hydrogen-bond donors (Lipinski definition) is 3. The highest BCUT2D eigenvalue weighted by molar-refractivity contribution is 7.89. The van der Waals surface area contributed by atoms with E-state index >= 15 is 0 Å². The van der Waals surface area contributed by atoms with E-state index in [0.29, 0.717) is 31.5 Å². The van der Waals surface area contributed by atoms with Crippen molar-refractivity contribution in [1.29, 1.82) is 0 Å². The van der Waals surface area contributed by atoms with E-state index < -0.39 is 10.0 Å². The lowest BCUT2D eigenvalue weighted by Gasteiger charge is -2.32. The lowest BCUT2D eigenvalue weighted by Crippen LogP contribution is -2.48. The number of rotatable bonds is 7. The van der Waals surface area contributed by atoms with Crippen molar-refractivity contribution in [1.82, 2.24) is 14.9 Å². The molecule has 1 saturated heterocycles. The molecule has 1 heterocycles. The average molecular weight is 459 g/mol. The number of carbonyl (C=O) groups excluding carboxylic acids is 2. The molecule has 2 aromatic carbocycles. The van der Waals surface area contributed by atoms with Crippen LogP contribution in [0.15, 0.2) is 53.4 Å². The smallest absolute Gasteiger partial charge is 0.319 e. The number of nitrogens with zero attached hydrogens (tertiary/aromatic N) is 1. The largest absolute Gasteiger partial charge is 0.343 e. The molecule has 0 unspecified atom stereocenters. The van der Waals surface area contributed by atoms with E-state index in [1.807, 2.05) is 43.3 Å². The monoisotopic (exact) mass is 458 g/mol. The third kappa shape index (κ3) is 6.54. The number of para-hydroxylation sites is 1. The molecule has 1 fully saturated rings. The second kappa shape index (κ2) is 10.6.